The number of likely N-dealkylation sites (tertiary alicyclic amines) is 1. The molecule has 8 nitrogen and oxygen atoms in total. The van der Waals surface area contributed by atoms with Crippen LogP contribution in [-0.4, -0.2) is 85.6 Å². The number of aliphatic carboxylic acids is 1. The van der Waals surface area contributed by atoms with E-state index in [1.165, 1.54) is 0 Å². The fourth-order valence-electron chi connectivity index (χ4n) is 2.68. The Morgan fingerprint density at radius 3 is 2.43 bits per heavy atom. The highest BCUT2D eigenvalue weighted by Crippen LogP contribution is 2.16. The summed E-state index contributed by atoms with van der Waals surface area (Å²) in [7, 11) is 4.05. The smallest absolute Gasteiger partial charge is 0.305 e. The average molecular weight is 337 g/mol. The highest BCUT2D eigenvalue weighted by molar-refractivity contribution is 5.80. The van der Waals surface area contributed by atoms with E-state index >= 15 is 0 Å². The molecule has 0 bridgehead atoms. The maximum atomic E-state index is 11.9. The number of likely N-dealkylation sites (N-methyl/N-ethyl adjacent to an activating group) is 1. The summed E-state index contributed by atoms with van der Waals surface area (Å²) in [5, 5.41) is 13.7. The van der Waals surface area contributed by atoms with Gasteiger partial charge in [0, 0.05) is 32.1 Å². The molecule has 0 spiro atoms. The fraction of sp³-hybridized carbons (Fsp3) is 0.800. The van der Waals surface area contributed by atoms with Gasteiger partial charge in [0.25, 0.3) is 0 Å². The van der Waals surface area contributed by atoms with Gasteiger partial charge >= 0.3 is 5.97 Å². The zero-order chi connectivity index (χ0) is 17.2. The summed E-state index contributed by atoms with van der Waals surface area (Å²) >= 11 is 0. The molecule has 23 heavy (non-hydrogen) atoms. The third kappa shape index (κ3) is 8.51. The molecule has 0 aromatic heterocycles. The first-order chi connectivity index (χ1) is 10.9. The molecule has 0 aromatic carbocycles. The molecule has 3 N–H and O–H groups in total. The molecule has 1 atom stereocenters. The molecule has 0 saturated carbocycles. The van der Waals surface area contributed by atoms with Gasteiger partial charge in [-0.2, -0.15) is 0 Å². The Bertz CT molecular complexity index is 414. The van der Waals surface area contributed by atoms with Crippen LogP contribution in [0.1, 0.15) is 25.7 Å². The number of carbonyl (C=O) groups excluding carboxylic acids is 2. The quantitative estimate of drug-likeness (QED) is 0.353. The van der Waals surface area contributed by atoms with Crippen molar-refractivity contribution in [1.29, 1.82) is 0 Å². The molecule has 1 fully saturated rings. The number of amides is 2. The predicted octanol–water partition coefficient (Wildman–Crippen LogP) is -0.890. The lowest BCUT2D eigenvalue weighted by Gasteiger charge is -2.26. The van der Waals surface area contributed by atoms with E-state index < -0.39 is 5.97 Å². The second-order valence-corrected chi connectivity index (χ2v) is 6.12. The summed E-state index contributed by atoms with van der Waals surface area (Å²) in [6.07, 6.45) is 2.28. The van der Waals surface area contributed by atoms with E-state index in [2.05, 4.69) is 20.4 Å². The Hall–Kier alpha value is -1.67. The van der Waals surface area contributed by atoms with Gasteiger partial charge in [-0.15, -0.1) is 0 Å². The van der Waals surface area contributed by atoms with Crippen LogP contribution in [0.5, 0.6) is 0 Å². The van der Waals surface area contributed by atoms with E-state index in [-0.39, 0.29) is 37.7 Å². The van der Waals surface area contributed by atoms with Gasteiger partial charge in [-0.05, 0) is 33.5 Å². The summed E-state index contributed by atoms with van der Waals surface area (Å²) in [5.74, 6) is -1.27. The van der Waals surface area contributed by atoms with Crippen molar-refractivity contribution < 1.29 is 19.5 Å². The van der Waals surface area contributed by atoms with Gasteiger partial charge in [-0.1, -0.05) is 0 Å². The van der Waals surface area contributed by atoms with Crippen molar-refractivity contribution in [3.05, 3.63) is 0 Å². The maximum Gasteiger partial charge on any atom is 0.305 e. The second kappa shape index (κ2) is 10.2. The van der Waals surface area contributed by atoms with Crippen LogP contribution in [0.4, 0.5) is 0 Å². The summed E-state index contributed by atoms with van der Waals surface area (Å²) in [6, 6.07) is 0.412. The Morgan fingerprint density at radius 2 is 1.78 bits per heavy atom. The Kier molecular flexibility index (Phi) is 8.57. The Labute approximate surface area is 137 Å². The van der Waals surface area contributed by atoms with E-state index in [1.54, 1.807) is 0 Å². The third-order valence-corrected chi connectivity index (χ3v) is 3.76. The minimum absolute atomic E-state index is 0.0750. The molecular weight excluding hydrogens is 309 g/mol. The minimum atomic E-state index is -0.948. The van der Waals surface area contributed by atoms with Crippen molar-refractivity contribution in [2.24, 2.45) is 0 Å². The SMILES string of the molecule is C[15N](C)[13CH2]C1CCCN1CC(=O)N[13CH2][13CH2][13C](=O)[15NH][13CH2][13CH2][13C](=O)O. The van der Waals surface area contributed by atoms with E-state index in [4.69, 9.17) is 5.11 Å². The van der Waals surface area contributed by atoms with Crippen molar-refractivity contribution in [2.45, 2.75) is 31.7 Å². The number of hydrogen-bond acceptors (Lipinski definition) is 5. The van der Waals surface area contributed by atoms with Crippen LogP contribution in [0.15, 0.2) is 0 Å². The summed E-state index contributed by atoms with van der Waals surface area (Å²) in [6.45, 7) is 2.62. The topological polar surface area (TPSA) is 102 Å². The maximum absolute atomic E-state index is 11.9. The Balaban J connectivity index is 2.16. The predicted molar refractivity (Wildman–Crippen MR) is 86.0 cm³/mol. The van der Waals surface area contributed by atoms with Crippen molar-refractivity contribution in [2.75, 3.05) is 46.8 Å². The summed E-state index contributed by atoms with van der Waals surface area (Å²) in [4.78, 5) is 38.0. The average Bonchev–Trinajstić information content (AvgIpc) is 2.84. The molecule has 1 aliphatic heterocycles. The van der Waals surface area contributed by atoms with E-state index in [0.29, 0.717) is 12.6 Å². The molecule has 1 aliphatic rings. The molecule has 2 amide bonds. The highest BCUT2D eigenvalue weighted by Gasteiger charge is 2.26. The van der Waals surface area contributed by atoms with Crippen molar-refractivity contribution >= 4 is 17.8 Å². The van der Waals surface area contributed by atoms with Crippen molar-refractivity contribution in [3.63, 3.8) is 0 Å². The van der Waals surface area contributed by atoms with E-state index in [9.17, 15) is 14.4 Å². The number of carboxylic acids is 1. The van der Waals surface area contributed by atoms with Crippen LogP contribution in [0.25, 0.3) is 0 Å². The zero-order valence-electron chi connectivity index (χ0n) is 14.0. The van der Waals surface area contributed by atoms with Gasteiger partial charge < -0.3 is 20.6 Å². The van der Waals surface area contributed by atoms with Crippen LogP contribution in [0.3, 0.4) is 0 Å². The van der Waals surface area contributed by atoms with Crippen LogP contribution in [0.2, 0.25) is 0 Å². The third-order valence-electron chi connectivity index (χ3n) is 3.76. The summed E-state index contributed by atoms with van der Waals surface area (Å²) in [5.41, 5.74) is 0. The van der Waals surface area contributed by atoms with Gasteiger partial charge in [0.1, 0.15) is 0 Å². The fourth-order valence-corrected chi connectivity index (χ4v) is 2.68. The number of rotatable bonds is 10. The van der Waals surface area contributed by atoms with Crippen LogP contribution < -0.4 is 10.6 Å². The van der Waals surface area contributed by atoms with Crippen LogP contribution in [-0.2, 0) is 14.4 Å². The number of nitrogens with zero attached hydrogens (tertiary/aromatic N) is 2. The largest absolute Gasteiger partial charge is 0.481 e. The molecule has 1 heterocycles. The standard InChI is InChI=1S/C15H28N4O4/c1-18(2)10-12-4-3-9-19(12)11-14(21)17-7-5-13(20)16-8-6-15(22)23/h12H,3-11H2,1-2H3,(H,16,20)(H,17,21)(H,22,23)/i5+1,6+1,7+1,8+1,10+1,13+1,15+1,16+1,18+1. The summed E-state index contributed by atoms with van der Waals surface area (Å²) < 4.78 is 0. The Morgan fingerprint density at radius 1 is 1.13 bits per heavy atom. The van der Waals surface area contributed by atoms with Crippen molar-refractivity contribution in [3.8, 4) is 0 Å². The molecule has 0 aromatic rings. The number of carbonyl (C=O) groups is 3. The molecule has 132 valence electrons. The number of nitrogens with one attached hydrogen (secondary N) is 2. The normalized spacial score (nSPS) is 18.1. The lowest BCUT2D eigenvalue weighted by Crippen LogP contribution is -2.44. The van der Waals surface area contributed by atoms with Crippen LogP contribution in [0, 0.1) is 0 Å². The molecule has 1 unspecified atom stereocenters. The highest BCUT2D eigenvalue weighted by atomic mass is 16.5. The molecular formula is C15H28N4O4. The van der Waals surface area contributed by atoms with Crippen molar-refractivity contribution in [1.82, 2.24) is 20.4 Å². The van der Waals surface area contributed by atoms with Gasteiger partial charge in [-0.3, -0.25) is 19.3 Å². The second-order valence-electron chi connectivity index (χ2n) is 6.12. The van der Waals surface area contributed by atoms with E-state index in [0.717, 1.165) is 25.9 Å². The first-order valence-electron chi connectivity index (χ1n) is 8.02. The van der Waals surface area contributed by atoms with Gasteiger partial charge in [-0.25, -0.2) is 0 Å². The molecule has 1 saturated heterocycles. The number of hydrogen-bond donors (Lipinski definition) is 3. The monoisotopic (exact) mass is 337 g/mol. The van der Waals surface area contributed by atoms with Gasteiger partial charge in [0.2, 0.25) is 11.8 Å². The molecule has 8 heteroatoms. The molecule has 0 radical (unpaired) electrons. The van der Waals surface area contributed by atoms with E-state index in [1.807, 2.05) is 14.1 Å². The first kappa shape index (κ1) is 19.4. The van der Waals surface area contributed by atoms with Gasteiger partial charge in [0.15, 0.2) is 0 Å². The lowest BCUT2D eigenvalue weighted by molar-refractivity contribution is -0.137. The van der Waals surface area contributed by atoms with Gasteiger partial charge in [0.05, 0.1) is 13.0 Å². The first-order valence-corrected chi connectivity index (χ1v) is 8.02. The minimum Gasteiger partial charge on any atom is -0.481 e. The molecule has 1 rings (SSSR count). The number of carboxylic acid groups (broad SMARTS) is 1. The zero-order valence-corrected chi connectivity index (χ0v) is 14.0. The lowest BCUT2D eigenvalue weighted by atomic mass is 10.3. The van der Waals surface area contributed by atoms with Crippen LogP contribution >= 0.6 is 0 Å². The molecule has 0 aliphatic carbocycles.